The van der Waals surface area contributed by atoms with Crippen LogP contribution in [0.4, 0.5) is 19.0 Å². The third kappa shape index (κ3) is 2.96. The van der Waals surface area contributed by atoms with E-state index in [2.05, 4.69) is 4.98 Å². The van der Waals surface area contributed by atoms with Crippen molar-refractivity contribution >= 4 is 23.9 Å². The normalized spacial score (nSPS) is 22.9. The highest BCUT2D eigenvalue weighted by molar-refractivity contribution is 6.33. The summed E-state index contributed by atoms with van der Waals surface area (Å²) in [4.78, 5) is 15.6. The van der Waals surface area contributed by atoms with E-state index < -0.39 is 18.0 Å². The highest BCUT2D eigenvalue weighted by atomic mass is 35.5. The summed E-state index contributed by atoms with van der Waals surface area (Å²) in [6, 6.07) is 0.506. The van der Waals surface area contributed by atoms with Crippen molar-refractivity contribution in [3.05, 3.63) is 22.8 Å². The molecule has 1 aromatic heterocycles. The third-order valence-electron chi connectivity index (χ3n) is 2.92. The zero-order valence-electron chi connectivity index (χ0n) is 10.1. The van der Waals surface area contributed by atoms with Crippen LogP contribution in [0.1, 0.15) is 12.0 Å². The number of rotatable bonds is 3. The van der Waals surface area contributed by atoms with Crippen molar-refractivity contribution < 1.29 is 22.7 Å². The molecule has 0 spiro atoms. The molecule has 0 radical (unpaired) electrons. The highest BCUT2D eigenvalue weighted by Crippen LogP contribution is 2.35. The van der Waals surface area contributed by atoms with Crippen molar-refractivity contribution in [3.63, 3.8) is 0 Å². The molecule has 9 heteroatoms. The zero-order valence-corrected chi connectivity index (χ0v) is 10.9. The van der Waals surface area contributed by atoms with Crippen LogP contribution in [0.3, 0.4) is 0 Å². The van der Waals surface area contributed by atoms with Gasteiger partial charge in [0.2, 0.25) is 0 Å². The molecule has 0 aliphatic carbocycles. The van der Waals surface area contributed by atoms with Gasteiger partial charge in [-0.15, -0.1) is 0 Å². The molecule has 1 saturated heterocycles. The van der Waals surface area contributed by atoms with Crippen LogP contribution in [0.2, 0.25) is 5.02 Å². The quantitative estimate of drug-likeness (QED) is 0.862. The van der Waals surface area contributed by atoms with Crippen LogP contribution in [-0.4, -0.2) is 30.3 Å². The monoisotopic (exact) mass is 309 g/mol. The second-order valence-corrected chi connectivity index (χ2v) is 4.77. The van der Waals surface area contributed by atoms with Gasteiger partial charge in [-0.05, 0) is 6.07 Å². The second-order valence-electron chi connectivity index (χ2n) is 4.36. The average Bonchev–Trinajstić information content (AvgIpc) is 2.69. The Morgan fingerprint density at radius 1 is 1.55 bits per heavy atom. The van der Waals surface area contributed by atoms with E-state index in [4.69, 9.17) is 22.1 Å². The van der Waals surface area contributed by atoms with E-state index in [1.165, 1.54) is 4.90 Å². The van der Waals surface area contributed by atoms with Crippen molar-refractivity contribution in [2.45, 2.75) is 24.9 Å². The summed E-state index contributed by atoms with van der Waals surface area (Å²) in [7, 11) is 0. The summed E-state index contributed by atoms with van der Waals surface area (Å²) in [6.07, 6.45) is -4.15. The molecule has 2 rings (SSSR count). The van der Waals surface area contributed by atoms with Gasteiger partial charge >= 0.3 is 6.18 Å². The number of ether oxygens (including phenoxy) is 1. The second kappa shape index (κ2) is 5.45. The molecular formula is C11H11ClF3N3O2. The van der Waals surface area contributed by atoms with Crippen LogP contribution < -0.4 is 10.6 Å². The molecule has 1 aliphatic rings. The largest absolute Gasteiger partial charge is 0.444 e. The summed E-state index contributed by atoms with van der Waals surface area (Å²) in [5, 5.41) is -0.173. The Kier molecular flexibility index (Phi) is 4.05. The number of hydrogen-bond acceptors (Lipinski definition) is 5. The van der Waals surface area contributed by atoms with Crippen molar-refractivity contribution in [3.8, 4) is 0 Å². The molecule has 0 bridgehead atoms. The number of pyridine rings is 1. The van der Waals surface area contributed by atoms with Gasteiger partial charge in [0.1, 0.15) is 5.82 Å². The first kappa shape index (κ1) is 14.9. The number of alkyl halides is 3. The van der Waals surface area contributed by atoms with Gasteiger partial charge in [0.05, 0.1) is 10.6 Å². The molecule has 1 fully saturated rings. The predicted octanol–water partition coefficient (Wildman–Crippen LogP) is 1.79. The van der Waals surface area contributed by atoms with Gasteiger partial charge in [0.25, 0.3) is 6.47 Å². The Labute approximate surface area is 117 Å². The fraction of sp³-hybridized carbons (Fsp3) is 0.455. The summed E-state index contributed by atoms with van der Waals surface area (Å²) < 4.78 is 42.4. The van der Waals surface area contributed by atoms with Gasteiger partial charge in [-0.1, -0.05) is 11.6 Å². The molecular weight excluding hydrogens is 299 g/mol. The first-order chi connectivity index (χ1) is 9.32. The summed E-state index contributed by atoms with van der Waals surface area (Å²) in [5.41, 5.74) is 4.80. The molecule has 1 aliphatic heterocycles. The van der Waals surface area contributed by atoms with E-state index in [9.17, 15) is 18.0 Å². The molecule has 2 atom stereocenters. The molecule has 0 unspecified atom stereocenters. The number of nitrogens with zero attached hydrogens (tertiary/aromatic N) is 2. The summed E-state index contributed by atoms with van der Waals surface area (Å²) >= 11 is 5.84. The SMILES string of the molecule is N[C@@H]1C[C@H](OC=O)N(c2ncc(C(F)(F)F)cc2Cl)C1. The van der Waals surface area contributed by atoms with Gasteiger partial charge in [0.15, 0.2) is 6.23 Å². The fourth-order valence-corrected chi connectivity index (χ4v) is 2.32. The molecule has 110 valence electrons. The van der Waals surface area contributed by atoms with E-state index in [1.807, 2.05) is 0 Å². The van der Waals surface area contributed by atoms with Crippen LogP contribution in [0.15, 0.2) is 12.3 Å². The first-order valence-corrected chi connectivity index (χ1v) is 6.04. The molecule has 0 saturated carbocycles. The number of carbonyl (C=O) groups excluding carboxylic acids is 1. The van der Waals surface area contributed by atoms with Gasteiger partial charge in [0, 0.05) is 25.2 Å². The minimum Gasteiger partial charge on any atom is -0.444 e. The van der Waals surface area contributed by atoms with Crippen LogP contribution >= 0.6 is 11.6 Å². The lowest BCUT2D eigenvalue weighted by atomic mass is 10.2. The van der Waals surface area contributed by atoms with Gasteiger partial charge < -0.3 is 15.4 Å². The minimum atomic E-state index is -4.52. The van der Waals surface area contributed by atoms with Crippen molar-refractivity contribution in [1.29, 1.82) is 0 Å². The summed E-state index contributed by atoms with van der Waals surface area (Å²) in [5.74, 6) is 0.111. The third-order valence-corrected chi connectivity index (χ3v) is 3.20. The lowest BCUT2D eigenvalue weighted by Crippen LogP contribution is -2.33. The van der Waals surface area contributed by atoms with Crippen LogP contribution in [0.5, 0.6) is 0 Å². The number of halogens is 4. The molecule has 5 nitrogen and oxygen atoms in total. The van der Waals surface area contributed by atoms with Crippen molar-refractivity contribution in [2.24, 2.45) is 5.73 Å². The predicted molar refractivity (Wildman–Crippen MR) is 65.1 cm³/mol. The number of hydrogen-bond donors (Lipinski definition) is 1. The Morgan fingerprint density at radius 3 is 2.80 bits per heavy atom. The van der Waals surface area contributed by atoms with Crippen LogP contribution in [0.25, 0.3) is 0 Å². The zero-order chi connectivity index (χ0) is 14.9. The standard InChI is InChI=1S/C11H11ClF3N3O2/c12-8-1-6(11(13,14)15)3-17-10(8)18-4-7(16)2-9(18)20-5-19/h1,3,5,7,9H,2,4,16H2/t7-,9+/m1/s1. The number of anilines is 1. The average molecular weight is 310 g/mol. The van der Waals surface area contributed by atoms with Crippen molar-refractivity contribution in [2.75, 3.05) is 11.4 Å². The van der Waals surface area contributed by atoms with Gasteiger partial charge in [-0.3, -0.25) is 4.79 Å². The molecule has 2 heterocycles. The maximum Gasteiger partial charge on any atom is 0.417 e. The first-order valence-electron chi connectivity index (χ1n) is 5.67. The number of nitrogens with two attached hydrogens (primary N) is 1. The van der Waals surface area contributed by atoms with Crippen LogP contribution in [0, 0.1) is 0 Å². The van der Waals surface area contributed by atoms with Gasteiger partial charge in [-0.25, -0.2) is 4.98 Å². The van der Waals surface area contributed by atoms with Gasteiger partial charge in [-0.2, -0.15) is 13.2 Å². The number of aromatic nitrogens is 1. The lowest BCUT2D eigenvalue weighted by Gasteiger charge is -2.24. The Morgan fingerprint density at radius 2 is 2.25 bits per heavy atom. The highest BCUT2D eigenvalue weighted by Gasteiger charge is 2.36. The van der Waals surface area contributed by atoms with E-state index in [0.29, 0.717) is 12.6 Å². The lowest BCUT2D eigenvalue weighted by molar-refractivity contribution is -0.137. The molecule has 0 aromatic carbocycles. The Bertz CT molecular complexity index is 512. The number of carbonyl (C=O) groups is 1. The maximum atomic E-state index is 12.5. The van der Waals surface area contributed by atoms with E-state index >= 15 is 0 Å². The van der Waals surface area contributed by atoms with E-state index in [1.54, 1.807) is 0 Å². The molecule has 20 heavy (non-hydrogen) atoms. The minimum absolute atomic E-state index is 0.111. The molecule has 2 N–H and O–H groups in total. The topological polar surface area (TPSA) is 68.5 Å². The van der Waals surface area contributed by atoms with E-state index in [-0.39, 0.29) is 29.9 Å². The van der Waals surface area contributed by atoms with Crippen molar-refractivity contribution in [1.82, 2.24) is 4.98 Å². The maximum absolute atomic E-state index is 12.5. The summed E-state index contributed by atoms with van der Waals surface area (Å²) in [6.45, 7) is 0.546. The van der Waals surface area contributed by atoms with Crippen LogP contribution in [-0.2, 0) is 15.7 Å². The smallest absolute Gasteiger partial charge is 0.417 e. The Hall–Kier alpha value is -1.54. The Balaban J connectivity index is 2.30. The molecule has 1 aromatic rings. The molecule has 0 amide bonds. The fourth-order valence-electron chi connectivity index (χ4n) is 2.04. The van der Waals surface area contributed by atoms with E-state index in [0.717, 1.165) is 6.07 Å².